The number of hydrogen-bond acceptors (Lipinski definition) is 2. The third-order valence-corrected chi connectivity index (χ3v) is 3.44. The summed E-state index contributed by atoms with van der Waals surface area (Å²) in [4.78, 5) is 0. The molecule has 2 heteroatoms. The molecule has 0 spiro atoms. The Labute approximate surface area is 105 Å². The SMILES string of the molecule is CCc1cccc(OCC(NC)C(C)CC)c1. The van der Waals surface area contributed by atoms with Crippen LogP contribution in [0.1, 0.15) is 32.8 Å². The lowest BCUT2D eigenvalue weighted by Crippen LogP contribution is -2.37. The van der Waals surface area contributed by atoms with E-state index < -0.39 is 0 Å². The van der Waals surface area contributed by atoms with Crippen molar-refractivity contribution < 1.29 is 4.74 Å². The van der Waals surface area contributed by atoms with Crippen LogP contribution >= 0.6 is 0 Å². The number of hydrogen-bond donors (Lipinski definition) is 1. The summed E-state index contributed by atoms with van der Waals surface area (Å²) in [7, 11) is 2.00. The lowest BCUT2D eigenvalue weighted by Gasteiger charge is -2.22. The standard InChI is InChI=1S/C15H25NO/c1-5-12(3)15(16-4)11-17-14-9-7-8-13(6-2)10-14/h7-10,12,15-16H,5-6,11H2,1-4H3. The van der Waals surface area contributed by atoms with E-state index in [-0.39, 0.29) is 0 Å². The summed E-state index contributed by atoms with van der Waals surface area (Å²) in [5.41, 5.74) is 1.33. The van der Waals surface area contributed by atoms with Crippen LogP contribution in [-0.2, 0) is 6.42 Å². The van der Waals surface area contributed by atoms with E-state index in [4.69, 9.17) is 4.74 Å². The zero-order valence-electron chi connectivity index (χ0n) is 11.5. The maximum absolute atomic E-state index is 5.86. The molecular formula is C15H25NO. The Kier molecular flexibility index (Phi) is 6.06. The second kappa shape index (κ2) is 7.33. The van der Waals surface area contributed by atoms with Crippen molar-refractivity contribution in [3.63, 3.8) is 0 Å². The van der Waals surface area contributed by atoms with Crippen LogP contribution in [0.2, 0.25) is 0 Å². The fourth-order valence-corrected chi connectivity index (χ4v) is 1.86. The van der Waals surface area contributed by atoms with Gasteiger partial charge in [0.2, 0.25) is 0 Å². The van der Waals surface area contributed by atoms with Crippen molar-refractivity contribution in [1.29, 1.82) is 0 Å². The molecule has 2 nitrogen and oxygen atoms in total. The summed E-state index contributed by atoms with van der Waals surface area (Å²) >= 11 is 0. The molecule has 0 aliphatic heterocycles. The molecule has 0 aromatic heterocycles. The third kappa shape index (κ3) is 4.39. The fraction of sp³-hybridized carbons (Fsp3) is 0.600. The molecule has 96 valence electrons. The van der Waals surface area contributed by atoms with Crippen molar-refractivity contribution in [3.8, 4) is 5.75 Å². The highest BCUT2D eigenvalue weighted by atomic mass is 16.5. The van der Waals surface area contributed by atoms with Crippen LogP contribution in [-0.4, -0.2) is 19.7 Å². The maximum Gasteiger partial charge on any atom is 0.119 e. The third-order valence-electron chi connectivity index (χ3n) is 3.44. The van der Waals surface area contributed by atoms with E-state index in [2.05, 4.69) is 44.3 Å². The van der Waals surface area contributed by atoms with Gasteiger partial charge in [0, 0.05) is 6.04 Å². The van der Waals surface area contributed by atoms with Crippen molar-refractivity contribution >= 4 is 0 Å². The smallest absolute Gasteiger partial charge is 0.119 e. The van der Waals surface area contributed by atoms with E-state index in [1.165, 1.54) is 12.0 Å². The van der Waals surface area contributed by atoms with Crippen molar-refractivity contribution in [3.05, 3.63) is 29.8 Å². The number of benzene rings is 1. The maximum atomic E-state index is 5.86. The van der Waals surface area contributed by atoms with Crippen molar-refractivity contribution in [1.82, 2.24) is 5.32 Å². The van der Waals surface area contributed by atoms with Gasteiger partial charge in [0.1, 0.15) is 12.4 Å². The highest BCUT2D eigenvalue weighted by molar-refractivity contribution is 5.28. The van der Waals surface area contributed by atoms with Gasteiger partial charge < -0.3 is 10.1 Å². The first kappa shape index (κ1) is 14.0. The van der Waals surface area contributed by atoms with Crippen LogP contribution in [0.3, 0.4) is 0 Å². The number of rotatable bonds is 7. The number of nitrogens with one attached hydrogen (secondary N) is 1. The first-order valence-electron chi connectivity index (χ1n) is 6.60. The minimum Gasteiger partial charge on any atom is -0.492 e. The Bertz CT molecular complexity index is 324. The molecule has 0 bridgehead atoms. The zero-order chi connectivity index (χ0) is 12.7. The number of ether oxygens (including phenoxy) is 1. The van der Waals surface area contributed by atoms with Gasteiger partial charge in [-0.3, -0.25) is 0 Å². The van der Waals surface area contributed by atoms with E-state index >= 15 is 0 Å². The molecule has 0 amide bonds. The quantitative estimate of drug-likeness (QED) is 0.783. The van der Waals surface area contributed by atoms with Crippen LogP contribution in [0.5, 0.6) is 5.75 Å². The molecule has 1 N–H and O–H groups in total. The van der Waals surface area contributed by atoms with Gasteiger partial charge in [0.05, 0.1) is 0 Å². The molecule has 0 saturated carbocycles. The van der Waals surface area contributed by atoms with E-state index in [1.807, 2.05) is 13.1 Å². The summed E-state index contributed by atoms with van der Waals surface area (Å²) < 4.78 is 5.86. The van der Waals surface area contributed by atoms with Crippen LogP contribution in [0.15, 0.2) is 24.3 Å². The van der Waals surface area contributed by atoms with E-state index in [9.17, 15) is 0 Å². The summed E-state index contributed by atoms with van der Waals surface area (Å²) in [5.74, 6) is 1.61. The monoisotopic (exact) mass is 235 g/mol. The van der Waals surface area contributed by atoms with Crippen LogP contribution in [0, 0.1) is 5.92 Å². The average Bonchev–Trinajstić information content (AvgIpc) is 2.39. The largest absolute Gasteiger partial charge is 0.492 e. The Hall–Kier alpha value is -1.02. The molecule has 0 saturated heterocycles. The highest BCUT2D eigenvalue weighted by Crippen LogP contribution is 2.15. The lowest BCUT2D eigenvalue weighted by atomic mass is 10.0. The van der Waals surface area contributed by atoms with Gasteiger partial charge in [-0.25, -0.2) is 0 Å². The molecule has 0 aliphatic carbocycles. The van der Waals surface area contributed by atoms with Crippen molar-refractivity contribution in [2.75, 3.05) is 13.7 Å². The van der Waals surface area contributed by atoms with Gasteiger partial charge in [-0.15, -0.1) is 0 Å². The molecule has 1 aromatic rings. The first-order valence-corrected chi connectivity index (χ1v) is 6.60. The second-order valence-corrected chi connectivity index (χ2v) is 4.59. The number of aryl methyl sites for hydroxylation is 1. The van der Waals surface area contributed by atoms with Gasteiger partial charge in [-0.05, 0) is 37.1 Å². The molecule has 0 radical (unpaired) electrons. The Morgan fingerprint density at radius 3 is 2.65 bits per heavy atom. The Morgan fingerprint density at radius 1 is 1.29 bits per heavy atom. The summed E-state index contributed by atoms with van der Waals surface area (Å²) in [6.45, 7) is 7.37. The van der Waals surface area contributed by atoms with Crippen molar-refractivity contribution in [2.45, 2.75) is 39.7 Å². The molecule has 2 atom stereocenters. The predicted octanol–water partition coefficient (Wildman–Crippen LogP) is 3.26. The molecule has 0 fully saturated rings. The normalized spacial score (nSPS) is 14.4. The fourth-order valence-electron chi connectivity index (χ4n) is 1.86. The molecule has 1 rings (SSSR count). The number of likely N-dealkylation sites (N-methyl/N-ethyl adjacent to an activating group) is 1. The molecular weight excluding hydrogens is 210 g/mol. The van der Waals surface area contributed by atoms with Crippen LogP contribution in [0.4, 0.5) is 0 Å². The summed E-state index contributed by atoms with van der Waals surface area (Å²) in [6.07, 6.45) is 2.22. The topological polar surface area (TPSA) is 21.3 Å². The Morgan fingerprint density at radius 2 is 2.06 bits per heavy atom. The zero-order valence-corrected chi connectivity index (χ0v) is 11.5. The first-order chi connectivity index (χ1) is 8.21. The molecule has 1 aromatic carbocycles. The van der Waals surface area contributed by atoms with Crippen LogP contribution in [0.25, 0.3) is 0 Å². The second-order valence-electron chi connectivity index (χ2n) is 4.59. The molecule has 17 heavy (non-hydrogen) atoms. The predicted molar refractivity (Wildman–Crippen MR) is 73.6 cm³/mol. The van der Waals surface area contributed by atoms with E-state index in [0.717, 1.165) is 18.8 Å². The summed E-state index contributed by atoms with van der Waals surface area (Å²) in [6, 6.07) is 8.78. The average molecular weight is 235 g/mol. The van der Waals surface area contributed by atoms with Crippen molar-refractivity contribution in [2.24, 2.45) is 5.92 Å². The summed E-state index contributed by atoms with van der Waals surface area (Å²) in [5, 5.41) is 3.33. The minimum absolute atomic E-state index is 0.422. The Balaban J connectivity index is 2.53. The van der Waals surface area contributed by atoms with E-state index in [0.29, 0.717) is 12.0 Å². The van der Waals surface area contributed by atoms with Gasteiger partial charge >= 0.3 is 0 Å². The molecule has 2 unspecified atom stereocenters. The van der Waals surface area contributed by atoms with Crippen LogP contribution < -0.4 is 10.1 Å². The molecule has 0 heterocycles. The molecule has 0 aliphatic rings. The van der Waals surface area contributed by atoms with Gasteiger partial charge in [-0.1, -0.05) is 39.3 Å². The van der Waals surface area contributed by atoms with Gasteiger partial charge in [0.15, 0.2) is 0 Å². The van der Waals surface area contributed by atoms with E-state index in [1.54, 1.807) is 0 Å². The lowest BCUT2D eigenvalue weighted by molar-refractivity contribution is 0.228. The van der Waals surface area contributed by atoms with Gasteiger partial charge in [0.25, 0.3) is 0 Å². The minimum atomic E-state index is 0.422. The van der Waals surface area contributed by atoms with Gasteiger partial charge in [-0.2, -0.15) is 0 Å². The highest BCUT2D eigenvalue weighted by Gasteiger charge is 2.14.